The molecule has 2 heterocycles. The van der Waals surface area contributed by atoms with E-state index in [1.807, 2.05) is 37.3 Å². The highest BCUT2D eigenvalue weighted by atomic mass is 35.5. The number of thioether (sulfide) groups is 1. The summed E-state index contributed by atoms with van der Waals surface area (Å²) < 4.78 is 0. The van der Waals surface area contributed by atoms with Crippen LogP contribution < -0.4 is 5.32 Å². The van der Waals surface area contributed by atoms with Crippen molar-refractivity contribution in [3.8, 4) is 0 Å². The Hall–Kier alpha value is -2.34. The first-order chi connectivity index (χ1) is 13.0. The number of para-hydroxylation sites is 1. The number of halogens is 2. The molecular weight excluding hydrogens is 401 g/mol. The number of aliphatic imine (C=N–C) groups is 1. The van der Waals surface area contributed by atoms with E-state index in [1.54, 1.807) is 24.4 Å². The van der Waals surface area contributed by atoms with Crippen LogP contribution >= 0.6 is 35.0 Å². The van der Waals surface area contributed by atoms with E-state index in [0.717, 1.165) is 22.0 Å². The van der Waals surface area contributed by atoms with Gasteiger partial charge in [0.2, 0.25) is 0 Å². The maximum atomic E-state index is 12.3. The van der Waals surface area contributed by atoms with Crippen molar-refractivity contribution in [2.24, 2.45) is 4.99 Å². The van der Waals surface area contributed by atoms with Gasteiger partial charge in [-0.3, -0.25) is 9.78 Å². The van der Waals surface area contributed by atoms with Crippen LogP contribution in [0.15, 0.2) is 58.6 Å². The smallest absolute Gasteiger partial charge is 0.264 e. The Morgan fingerprint density at radius 1 is 1.15 bits per heavy atom. The van der Waals surface area contributed by atoms with Crippen LogP contribution in [0.1, 0.15) is 11.1 Å². The molecule has 7 heteroatoms. The number of carbonyl (C=O) groups is 1. The molecule has 3 aromatic rings. The maximum Gasteiger partial charge on any atom is 0.264 e. The van der Waals surface area contributed by atoms with Gasteiger partial charge < -0.3 is 5.32 Å². The number of fused-ring (bicyclic) bond motifs is 1. The summed E-state index contributed by atoms with van der Waals surface area (Å²) in [4.78, 5) is 21.6. The summed E-state index contributed by atoms with van der Waals surface area (Å²) in [7, 11) is 0. The predicted octanol–water partition coefficient (Wildman–Crippen LogP) is 5.74. The highest BCUT2D eigenvalue weighted by Crippen LogP contribution is 2.35. The zero-order valence-corrected chi connectivity index (χ0v) is 16.5. The van der Waals surface area contributed by atoms with Crippen molar-refractivity contribution in [1.29, 1.82) is 0 Å². The number of carbonyl (C=O) groups excluding carboxylic acids is 1. The molecule has 0 spiro atoms. The van der Waals surface area contributed by atoms with E-state index in [9.17, 15) is 4.79 Å². The number of hydrogen-bond donors (Lipinski definition) is 1. The van der Waals surface area contributed by atoms with E-state index in [-0.39, 0.29) is 5.91 Å². The number of hydrogen-bond acceptors (Lipinski definition) is 4. The van der Waals surface area contributed by atoms with Gasteiger partial charge in [-0.1, -0.05) is 35.3 Å². The van der Waals surface area contributed by atoms with Gasteiger partial charge in [0.15, 0.2) is 5.17 Å². The fourth-order valence-electron chi connectivity index (χ4n) is 2.72. The van der Waals surface area contributed by atoms with Crippen LogP contribution in [0, 0.1) is 6.92 Å². The largest absolute Gasteiger partial charge is 0.300 e. The second-order valence-corrected chi connectivity index (χ2v) is 7.80. The topological polar surface area (TPSA) is 54.4 Å². The Morgan fingerprint density at radius 2 is 1.93 bits per heavy atom. The van der Waals surface area contributed by atoms with Gasteiger partial charge in [0.25, 0.3) is 5.91 Å². The van der Waals surface area contributed by atoms with Crippen LogP contribution in [0.25, 0.3) is 17.0 Å². The van der Waals surface area contributed by atoms with Crippen molar-refractivity contribution < 1.29 is 4.79 Å². The van der Waals surface area contributed by atoms with E-state index in [0.29, 0.717) is 25.8 Å². The molecule has 4 nitrogen and oxygen atoms in total. The highest BCUT2D eigenvalue weighted by molar-refractivity contribution is 8.18. The molecule has 0 bridgehead atoms. The number of nitrogens with one attached hydrogen (secondary N) is 1. The van der Waals surface area contributed by atoms with Gasteiger partial charge >= 0.3 is 0 Å². The summed E-state index contributed by atoms with van der Waals surface area (Å²) in [6, 6.07) is 13.0. The third-order valence-corrected chi connectivity index (χ3v) is 5.60. The summed E-state index contributed by atoms with van der Waals surface area (Å²) in [5.41, 5.74) is 3.43. The molecule has 1 aliphatic heterocycles. The molecular formula is C20H13Cl2N3OS. The first-order valence-corrected chi connectivity index (χ1v) is 9.67. The van der Waals surface area contributed by atoms with E-state index in [4.69, 9.17) is 23.2 Å². The number of amidine groups is 1. The third kappa shape index (κ3) is 3.72. The molecule has 0 atom stereocenters. The average Bonchev–Trinajstić information content (AvgIpc) is 2.98. The lowest BCUT2D eigenvalue weighted by atomic mass is 10.1. The molecule has 1 fully saturated rings. The average molecular weight is 414 g/mol. The molecule has 2 aromatic carbocycles. The molecule has 0 radical (unpaired) electrons. The number of benzene rings is 2. The summed E-state index contributed by atoms with van der Waals surface area (Å²) >= 11 is 13.5. The van der Waals surface area contributed by atoms with Crippen LogP contribution in [0.4, 0.5) is 5.69 Å². The van der Waals surface area contributed by atoms with Gasteiger partial charge in [-0.25, -0.2) is 4.99 Å². The number of pyridine rings is 1. The molecule has 1 N–H and O–H groups in total. The lowest BCUT2D eigenvalue weighted by Gasteiger charge is -2.02. The minimum absolute atomic E-state index is 0.204. The molecule has 0 aliphatic carbocycles. The highest BCUT2D eigenvalue weighted by Gasteiger charge is 2.24. The van der Waals surface area contributed by atoms with Gasteiger partial charge in [0.05, 0.1) is 20.5 Å². The molecule has 0 unspecified atom stereocenters. The monoisotopic (exact) mass is 413 g/mol. The van der Waals surface area contributed by atoms with E-state index >= 15 is 0 Å². The number of aromatic nitrogens is 1. The quantitative estimate of drug-likeness (QED) is 0.544. The van der Waals surface area contributed by atoms with Crippen molar-refractivity contribution >= 4 is 68.7 Å². The Bertz CT molecular complexity index is 1120. The first kappa shape index (κ1) is 18.0. The van der Waals surface area contributed by atoms with E-state index < -0.39 is 0 Å². The number of aryl methyl sites for hydroxylation is 1. The molecule has 4 rings (SSSR count). The Kier molecular flexibility index (Phi) is 4.91. The van der Waals surface area contributed by atoms with Crippen LogP contribution in [0.3, 0.4) is 0 Å². The molecule has 1 aliphatic rings. The third-order valence-electron chi connectivity index (χ3n) is 4.08. The summed E-state index contributed by atoms with van der Waals surface area (Å²) in [5, 5.41) is 5.12. The standard InChI is InChI=1S/C20H13Cl2N3OS/c1-11-7-8-23-16-6-5-12(9-13(11)16)10-17-19(26)25-20(27-17)24-18-14(21)3-2-4-15(18)22/h2-10H,1H3,(H,24,25,26)/b17-10+. The molecule has 1 amide bonds. The van der Waals surface area contributed by atoms with E-state index in [1.165, 1.54) is 11.8 Å². The minimum Gasteiger partial charge on any atom is -0.300 e. The Labute approximate surface area is 170 Å². The van der Waals surface area contributed by atoms with E-state index in [2.05, 4.69) is 15.3 Å². The van der Waals surface area contributed by atoms with Crippen molar-refractivity contribution in [2.45, 2.75) is 6.92 Å². The zero-order valence-electron chi connectivity index (χ0n) is 14.2. The lowest BCUT2D eigenvalue weighted by Crippen LogP contribution is -2.19. The predicted molar refractivity (Wildman–Crippen MR) is 114 cm³/mol. The fourth-order valence-corrected chi connectivity index (χ4v) is 4.03. The Morgan fingerprint density at radius 3 is 2.70 bits per heavy atom. The lowest BCUT2D eigenvalue weighted by molar-refractivity contribution is -0.115. The SMILES string of the molecule is Cc1ccnc2ccc(/C=C3/SC(=Nc4c(Cl)cccc4Cl)NC3=O)cc12. The second kappa shape index (κ2) is 7.35. The second-order valence-electron chi connectivity index (χ2n) is 5.96. The van der Waals surface area contributed by atoms with Crippen molar-refractivity contribution in [2.75, 3.05) is 0 Å². The van der Waals surface area contributed by atoms with Crippen LogP contribution in [-0.2, 0) is 4.79 Å². The van der Waals surface area contributed by atoms with Crippen molar-refractivity contribution in [1.82, 2.24) is 10.3 Å². The van der Waals surface area contributed by atoms with Gasteiger partial charge in [0, 0.05) is 11.6 Å². The van der Waals surface area contributed by atoms with Gasteiger partial charge in [-0.15, -0.1) is 0 Å². The van der Waals surface area contributed by atoms with Crippen molar-refractivity contribution in [3.05, 3.63) is 74.7 Å². The summed E-state index contributed by atoms with van der Waals surface area (Å²) in [5.74, 6) is -0.204. The molecule has 1 aromatic heterocycles. The van der Waals surface area contributed by atoms with Crippen LogP contribution in [-0.4, -0.2) is 16.1 Å². The number of amides is 1. The normalized spacial score (nSPS) is 17.1. The number of rotatable bonds is 2. The zero-order chi connectivity index (χ0) is 19.0. The number of nitrogens with zero attached hydrogens (tertiary/aromatic N) is 2. The molecule has 134 valence electrons. The maximum absolute atomic E-state index is 12.3. The van der Waals surface area contributed by atoms with Crippen molar-refractivity contribution in [3.63, 3.8) is 0 Å². The Balaban J connectivity index is 1.67. The minimum atomic E-state index is -0.204. The van der Waals surface area contributed by atoms with Gasteiger partial charge in [-0.05, 0) is 66.2 Å². The molecule has 27 heavy (non-hydrogen) atoms. The first-order valence-electron chi connectivity index (χ1n) is 8.10. The van der Waals surface area contributed by atoms with Gasteiger partial charge in [0.1, 0.15) is 5.69 Å². The van der Waals surface area contributed by atoms with Crippen LogP contribution in [0.2, 0.25) is 10.0 Å². The summed E-state index contributed by atoms with van der Waals surface area (Å²) in [6.07, 6.45) is 3.63. The van der Waals surface area contributed by atoms with Crippen LogP contribution in [0.5, 0.6) is 0 Å². The van der Waals surface area contributed by atoms with Gasteiger partial charge in [-0.2, -0.15) is 0 Å². The molecule has 0 saturated carbocycles. The summed E-state index contributed by atoms with van der Waals surface area (Å²) in [6.45, 7) is 2.04. The fraction of sp³-hybridized carbons (Fsp3) is 0.0500. The molecule has 1 saturated heterocycles.